The van der Waals surface area contributed by atoms with Gasteiger partial charge in [-0.3, -0.25) is 4.98 Å². The zero-order valence-corrected chi connectivity index (χ0v) is 13.4. The van der Waals surface area contributed by atoms with Gasteiger partial charge in [0.1, 0.15) is 5.82 Å². The molecule has 0 radical (unpaired) electrons. The third kappa shape index (κ3) is 3.01. The lowest BCUT2D eigenvalue weighted by Gasteiger charge is -2.10. The summed E-state index contributed by atoms with van der Waals surface area (Å²) in [6.45, 7) is 0. The molecule has 0 spiro atoms. The zero-order valence-electron chi connectivity index (χ0n) is 13.4. The van der Waals surface area contributed by atoms with Crippen LogP contribution in [-0.2, 0) is 0 Å². The smallest absolute Gasteiger partial charge is 0.161 e. The molecule has 0 bridgehead atoms. The summed E-state index contributed by atoms with van der Waals surface area (Å²) in [5, 5.41) is 0. The van der Waals surface area contributed by atoms with Gasteiger partial charge in [0.2, 0.25) is 0 Å². The molecule has 1 aromatic heterocycles. The molecule has 0 saturated heterocycles. The van der Waals surface area contributed by atoms with Crippen molar-refractivity contribution < 1.29 is 13.9 Å². The molecule has 24 heavy (non-hydrogen) atoms. The molecule has 0 aliphatic heterocycles. The lowest BCUT2D eigenvalue weighted by atomic mass is 10.0. The normalized spacial score (nSPS) is 10.5. The number of nitrogens with zero attached hydrogens (tertiary/aromatic N) is 1. The lowest BCUT2D eigenvalue weighted by Crippen LogP contribution is -1.93. The molecule has 0 amide bonds. The number of hydrogen-bond acceptors (Lipinski definition) is 4. The van der Waals surface area contributed by atoms with E-state index in [9.17, 15) is 4.39 Å². The highest BCUT2D eigenvalue weighted by Gasteiger charge is 2.09. The highest BCUT2D eigenvalue weighted by molar-refractivity contribution is 5.70. The van der Waals surface area contributed by atoms with Crippen molar-refractivity contribution in [1.82, 2.24) is 4.98 Å². The number of hydrogen-bond donors (Lipinski definition) is 1. The van der Waals surface area contributed by atoms with Gasteiger partial charge >= 0.3 is 0 Å². The number of benzene rings is 2. The van der Waals surface area contributed by atoms with Gasteiger partial charge in [-0.25, -0.2) is 4.39 Å². The third-order valence-corrected chi connectivity index (χ3v) is 3.75. The second-order valence-electron chi connectivity index (χ2n) is 5.24. The number of nitrogen functional groups attached to an aromatic ring is 1. The minimum Gasteiger partial charge on any atom is -0.493 e. The summed E-state index contributed by atoms with van der Waals surface area (Å²) in [7, 11) is 3.18. The Bertz CT molecular complexity index is 864. The van der Waals surface area contributed by atoms with E-state index >= 15 is 0 Å². The summed E-state index contributed by atoms with van der Waals surface area (Å²) in [6.07, 6.45) is 1.70. The average Bonchev–Trinajstić information content (AvgIpc) is 2.61. The maximum Gasteiger partial charge on any atom is 0.161 e. The van der Waals surface area contributed by atoms with Crippen LogP contribution in [0.15, 0.2) is 54.7 Å². The van der Waals surface area contributed by atoms with Crippen molar-refractivity contribution in [2.75, 3.05) is 20.0 Å². The number of pyridine rings is 1. The monoisotopic (exact) mass is 324 g/mol. The fourth-order valence-corrected chi connectivity index (χ4v) is 2.48. The quantitative estimate of drug-likeness (QED) is 0.732. The Kier molecular flexibility index (Phi) is 4.33. The Morgan fingerprint density at radius 1 is 0.875 bits per heavy atom. The fraction of sp³-hybridized carbons (Fsp3) is 0.105. The predicted octanol–water partition coefficient (Wildman–Crippen LogP) is 4.15. The summed E-state index contributed by atoms with van der Waals surface area (Å²) in [5.74, 6) is 0.916. The van der Waals surface area contributed by atoms with Crippen molar-refractivity contribution in [3.63, 3.8) is 0 Å². The fourth-order valence-electron chi connectivity index (χ4n) is 2.48. The Labute approximate surface area is 139 Å². The van der Waals surface area contributed by atoms with Gasteiger partial charge in [-0.1, -0.05) is 12.1 Å². The molecule has 122 valence electrons. The van der Waals surface area contributed by atoms with Gasteiger partial charge in [0.05, 0.1) is 19.9 Å². The van der Waals surface area contributed by atoms with Gasteiger partial charge in [0, 0.05) is 23.0 Å². The van der Waals surface area contributed by atoms with E-state index in [0.29, 0.717) is 28.4 Å². The summed E-state index contributed by atoms with van der Waals surface area (Å²) in [6, 6.07) is 13.9. The van der Waals surface area contributed by atoms with Crippen LogP contribution in [0.2, 0.25) is 0 Å². The average molecular weight is 324 g/mol. The van der Waals surface area contributed by atoms with Gasteiger partial charge in [-0.2, -0.15) is 0 Å². The first kappa shape index (κ1) is 15.8. The van der Waals surface area contributed by atoms with Crippen molar-refractivity contribution in [2.24, 2.45) is 0 Å². The van der Waals surface area contributed by atoms with Crippen LogP contribution in [0, 0.1) is 5.82 Å². The van der Waals surface area contributed by atoms with Gasteiger partial charge in [-0.05, 0) is 42.0 Å². The number of aromatic nitrogens is 1. The first-order valence-corrected chi connectivity index (χ1v) is 7.36. The molecule has 5 heteroatoms. The number of ether oxygens (including phenoxy) is 2. The van der Waals surface area contributed by atoms with Crippen LogP contribution < -0.4 is 15.2 Å². The van der Waals surface area contributed by atoms with E-state index in [0.717, 1.165) is 11.1 Å². The molecule has 0 unspecified atom stereocenters. The molecule has 0 atom stereocenters. The molecule has 2 aromatic carbocycles. The van der Waals surface area contributed by atoms with E-state index in [1.807, 2.05) is 24.3 Å². The number of nitrogens with two attached hydrogens (primary N) is 1. The van der Waals surface area contributed by atoms with Crippen molar-refractivity contribution in [3.8, 4) is 33.9 Å². The highest BCUT2D eigenvalue weighted by atomic mass is 19.1. The van der Waals surface area contributed by atoms with E-state index in [4.69, 9.17) is 15.2 Å². The molecule has 0 fully saturated rings. The molecule has 4 nitrogen and oxygen atoms in total. The molecule has 2 N–H and O–H groups in total. The van der Waals surface area contributed by atoms with E-state index in [1.165, 1.54) is 6.07 Å². The first-order valence-electron chi connectivity index (χ1n) is 7.36. The van der Waals surface area contributed by atoms with Crippen molar-refractivity contribution in [2.45, 2.75) is 0 Å². The van der Waals surface area contributed by atoms with Crippen LogP contribution in [0.1, 0.15) is 0 Å². The Morgan fingerprint density at radius 3 is 2.25 bits per heavy atom. The van der Waals surface area contributed by atoms with Crippen molar-refractivity contribution >= 4 is 5.69 Å². The SMILES string of the molecule is COc1ccc(-c2ccc(-c3ccc(N)cc3F)nc2)cc1OC. The standard InChI is InChI=1S/C19H17FN2O2/c1-23-18-8-4-12(9-19(18)24-2)13-3-7-17(22-11-13)15-6-5-14(21)10-16(15)20/h3-11H,21H2,1-2H3. The molecular formula is C19H17FN2O2. The minimum absolute atomic E-state index is 0.387. The minimum atomic E-state index is -0.388. The van der Waals surface area contributed by atoms with E-state index in [2.05, 4.69) is 4.98 Å². The lowest BCUT2D eigenvalue weighted by molar-refractivity contribution is 0.355. The highest BCUT2D eigenvalue weighted by Crippen LogP contribution is 2.32. The second-order valence-corrected chi connectivity index (χ2v) is 5.24. The Balaban J connectivity index is 1.95. The summed E-state index contributed by atoms with van der Waals surface area (Å²) >= 11 is 0. The van der Waals surface area contributed by atoms with Crippen molar-refractivity contribution in [3.05, 3.63) is 60.5 Å². The summed E-state index contributed by atoms with van der Waals surface area (Å²) in [4.78, 5) is 4.36. The summed E-state index contributed by atoms with van der Waals surface area (Å²) < 4.78 is 24.5. The molecule has 0 saturated carbocycles. The number of halogens is 1. The zero-order chi connectivity index (χ0) is 17.1. The van der Waals surface area contributed by atoms with Crippen LogP contribution >= 0.6 is 0 Å². The van der Waals surface area contributed by atoms with Gasteiger partial charge in [0.15, 0.2) is 11.5 Å². The van der Waals surface area contributed by atoms with Crippen LogP contribution in [0.3, 0.4) is 0 Å². The van der Waals surface area contributed by atoms with Crippen LogP contribution in [-0.4, -0.2) is 19.2 Å². The van der Waals surface area contributed by atoms with Crippen LogP contribution in [0.5, 0.6) is 11.5 Å². The molecule has 0 aliphatic rings. The number of methoxy groups -OCH3 is 2. The van der Waals surface area contributed by atoms with Gasteiger partial charge < -0.3 is 15.2 Å². The topological polar surface area (TPSA) is 57.4 Å². The maximum absolute atomic E-state index is 14.0. The number of anilines is 1. The van der Waals surface area contributed by atoms with Crippen molar-refractivity contribution in [1.29, 1.82) is 0 Å². The number of rotatable bonds is 4. The molecule has 0 aliphatic carbocycles. The second kappa shape index (κ2) is 6.58. The van der Waals surface area contributed by atoms with E-state index in [-0.39, 0.29) is 5.82 Å². The summed E-state index contributed by atoms with van der Waals surface area (Å²) in [5.41, 5.74) is 8.77. The molecule has 1 heterocycles. The van der Waals surface area contributed by atoms with Crippen LogP contribution in [0.4, 0.5) is 10.1 Å². The Hall–Kier alpha value is -3.08. The van der Waals surface area contributed by atoms with Gasteiger partial charge in [0.25, 0.3) is 0 Å². The van der Waals surface area contributed by atoms with Gasteiger partial charge in [-0.15, -0.1) is 0 Å². The molecule has 3 aromatic rings. The van der Waals surface area contributed by atoms with E-state index < -0.39 is 0 Å². The third-order valence-electron chi connectivity index (χ3n) is 3.75. The predicted molar refractivity (Wildman–Crippen MR) is 92.6 cm³/mol. The molecular weight excluding hydrogens is 307 g/mol. The molecule has 3 rings (SSSR count). The first-order chi connectivity index (χ1) is 11.6. The largest absolute Gasteiger partial charge is 0.493 e. The van der Waals surface area contributed by atoms with E-state index in [1.54, 1.807) is 38.6 Å². The van der Waals surface area contributed by atoms with Crippen LogP contribution in [0.25, 0.3) is 22.4 Å². The maximum atomic E-state index is 14.0. The Morgan fingerprint density at radius 2 is 1.62 bits per heavy atom.